The second-order valence-corrected chi connectivity index (χ2v) is 5.67. The van der Waals surface area contributed by atoms with E-state index in [1.165, 1.54) is 0 Å². The number of benzene rings is 1. The maximum atomic E-state index is 11.6. The Balaban J connectivity index is 2.80. The van der Waals surface area contributed by atoms with Gasteiger partial charge in [-0.1, -0.05) is 6.07 Å². The summed E-state index contributed by atoms with van der Waals surface area (Å²) in [6.07, 6.45) is 0.614. The average molecular weight is 314 g/mol. The van der Waals surface area contributed by atoms with Gasteiger partial charge in [0, 0.05) is 10.9 Å². The number of carbonyl (C=O) groups excluding carboxylic acids is 2. The molecule has 5 heteroatoms. The Kier molecular flexibility index (Phi) is 4.90. The Hall–Kier alpha value is -1.36. The fourth-order valence-corrected chi connectivity index (χ4v) is 1.65. The Bertz CT molecular complexity index is 452. The summed E-state index contributed by atoms with van der Waals surface area (Å²) < 4.78 is 5.89. The van der Waals surface area contributed by atoms with E-state index >= 15 is 0 Å². The lowest BCUT2D eigenvalue weighted by Crippen LogP contribution is -2.27. The summed E-state index contributed by atoms with van der Waals surface area (Å²) in [6, 6.07) is 5.34. The van der Waals surface area contributed by atoms with E-state index in [0.29, 0.717) is 12.1 Å². The lowest BCUT2D eigenvalue weighted by atomic mass is 10.1. The maximum Gasteiger partial charge on any atom is 0.412 e. The highest BCUT2D eigenvalue weighted by atomic mass is 79.9. The van der Waals surface area contributed by atoms with E-state index in [1.807, 2.05) is 6.07 Å². The number of aldehydes is 1. The molecule has 0 aliphatic heterocycles. The van der Waals surface area contributed by atoms with Gasteiger partial charge in [-0.3, -0.25) is 5.32 Å². The summed E-state index contributed by atoms with van der Waals surface area (Å²) in [4.78, 5) is 22.1. The third-order valence-corrected chi connectivity index (χ3v) is 2.68. The van der Waals surface area contributed by atoms with Crippen molar-refractivity contribution >= 4 is 34.0 Å². The summed E-state index contributed by atoms with van der Waals surface area (Å²) in [7, 11) is 0. The second-order valence-electron chi connectivity index (χ2n) is 4.81. The minimum atomic E-state index is -0.545. The van der Waals surface area contributed by atoms with Gasteiger partial charge in [-0.25, -0.2) is 4.79 Å². The van der Waals surface area contributed by atoms with Crippen LogP contribution in [0.15, 0.2) is 22.7 Å². The van der Waals surface area contributed by atoms with E-state index in [0.717, 1.165) is 16.3 Å². The Labute approximate surface area is 115 Å². The van der Waals surface area contributed by atoms with Gasteiger partial charge in [0.05, 0.1) is 5.69 Å². The molecular formula is C13H16BrNO3. The van der Waals surface area contributed by atoms with Gasteiger partial charge >= 0.3 is 6.09 Å². The number of hydrogen-bond donors (Lipinski definition) is 1. The zero-order chi connectivity index (χ0) is 13.8. The molecule has 0 atom stereocenters. The summed E-state index contributed by atoms with van der Waals surface area (Å²) in [5.74, 6) is 0. The maximum absolute atomic E-state index is 11.6. The van der Waals surface area contributed by atoms with Gasteiger partial charge in [-0.05, 0) is 54.4 Å². The molecular weight excluding hydrogens is 298 g/mol. The smallest absolute Gasteiger partial charge is 0.412 e. The van der Waals surface area contributed by atoms with Crippen molar-refractivity contribution in [1.82, 2.24) is 0 Å². The largest absolute Gasteiger partial charge is 0.444 e. The highest BCUT2D eigenvalue weighted by Crippen LogP contribution is 2.24. The topological polar surface area (TPSA) is 55.4 Å². The number of ether oxygens (including phenoxy) is 1. The third kappa shape index (κ3) is 4.87. The average Bonchev–Trinajstić information content (AvgIpc) is 2.20. The number of anilines is 1. The van der Waals surface area contributed by atoms with Gasteiger partial charge in [0.25, 0.3) is 0 Å². The first-order valence-corrected chi connectivity index (χ1v) is 6.33. The molecule has 0 aliphatic carbocycles. The number of amides is 1. The zero-order valence-corrected chi connectivity index (χ0v) is 12.2. The fourth-order valence-electron chi connectivity index (χ4n) is 1.30. The van der Waals surface area contributed by atoms with Crippen molar-refractivity contribution in [2.75, 3.05) is 5.32 Å². The lowest BCUT2D eigenvalue weighted by molar-refractivity contribution is -0.107. The second kappa shape index (κ2) is 6.00. The molecule has 1 amide bonds. The van der Waals surface area contributed by atoms with Crippen LogP contribution in [0.1, 0.15) is 26.3 Å². The Morgan fingerprint density at radius 3 is 2.67 bits per heavy atom. The van der Waals surface area contributed by atoms with Gasteiger partial charge in [0.2, 0.25) is 0 Å². The number of halogens is 1. The number of nitrogens with one attached hydrogen (secondary N) is 1. The molecule has 18 heavy (non-hydrogen) atoms. The summed E-state index contributed by atoms with van der Waals surface area (Å²) in [5, 5.41) is 2.64. The number of carbonyl (C=O) groups is 2. The first-order chi connectivity index (χ1) is 8.31. The molecule has 0 saturated heterocycles. The standard InChI is InChI=1S/C13H16BrNO3/c1-13(2,3)18-12(17)15-11-8-9(6-7-16)4-5-10(11)14/h4-5,7-8H,6H2,1-3H3,(H,15,17). The van der Waals surface area contributed by atoms with Crippen LogP contribution in [0.3, 0.4) is 0 Å². The van der Waals surface area contributed by atoms with Crippen molar-refractivity contribution in [3.05, 3.63) is 28.2 Å². The van der Waals surface area contributed by atoms with Crippen LogP contribution in [0.2, 0.25) is 0 Å². The molecule has 1 N–H and O–H groups in total. The lowest BCUT2D eigenvalue weighted by Gasteiger charge is -2.20. The van der Waals surface area contributed by atoms with E-state index in [4.69, 9.17) is 4.74 Å². The minimum Gasteiger partial charge on any atom is -0.444 e. The van der Waals surface area contributed by atoms with E-state index in [1.54, 1.807) is 32.9 Å². The Morgan fingerprint density at radius 2 is 2.11 bits per heavy atom. The molecule has 0 bridgehead atoms. The summed E-state index contributed by atoms with van der Waals surface area (Å²) in [6.45, 7) is 5.39. The molecule has 0 saturated carbocycles. The molecule has 98 valence electrons. The predicted molar refractivity (Wildman–Crippen MR) is 73.8 cm³/mol. The summed E-state index contributed by atoms with van der Waals surface area (Å²) in [5.41, 5.74) is 0.875. The molecule has 0 aliphatic rings. The van der Waals surface area contributed by atoms with Gasteiger partial charge in [-0.2, -0.15) is 0 Å². The minimum absolute atomic E-state index is 0.316. The van der Waals surface area contributed by atoms with Crippen LogP contribution < -0.4 is 5.32 Å². The van der Waals surface area contributed by atoms with Gasteiger partial charge < -0.3 is 9.53 Å². The van der Waals surface area contributed by atoms with Crippen LogP contribution in [0.25, 0.3) is 0 Å². The zero-order valence-electron chi connectivity index (χ0n) is 10.6. The number of rotatable bonds is 3. The van der Waals surface area contributed by atoms with Crippen LogP contribution in [-0.4, -0.2) is 18.0 Å². The third-order valence-electron chi connectivity index (χ3n) is 1.99. The van der Waals surface area contributed by atoms with Gasteiger partial charge in [0.1, 0.15) is 11.9 Å². The monoisotopic (exact) mass is 313 g/mol. The van der Waals surface area contributed by atoms with Crippen molar-refractivity contribution in [3.8, 4) is 0 Å². The van der Waals surface area contributed by atoms with Crippen LogP contribution >= 0.6 is 15.9 Å². The molecule has 0 aromatic heterocycles. The first kappa shape index (κ1) is 14.7. The molecule has 0 heterocycles. The first-order valence-electron chi connectivity index (χ1n) is 5.54. The Morgan fingerprint density at radius 1 is 1.44 bits per heavy atom. The number of hydrogen-bond acceptors (Lipinski definition) is 3. The molecule has 4 nitrogen and oxygen atoms in total. The van der Waals surface area contributed by atoms with Gasteiger partial charge in [0.15, 0.2) is 0 Å². The van der Waals surface area contributed by atoms with Gasteiger partial charge in [-0.15, -0.1) is 0 Å². The normalized spacial score (nSPS) is 10.9. The van der Waals surface area contributed by atoms with Crippen molar-refractivity contribution in [1.29, 1.82) is 0 Å². The van der Waals surface area contributed by atoms with Crippen LogP contribution in [-0.2, 0) is 16.0 Å². The van der Waals surface area contributed by atoms with E-state index in [-0.39, 0.29) is 0 Å². The van der Waals surface area contributed by atoms with Crippen LogP contribution in [0.4, 0.5) is 10.5 Å². The molecule has 0 fully saturated rings. The molecule has 1 aromatic rings. The van der Waals surface area contributed by atoms with Crippen molar-refractivity contribution < 1.29 is 14.3 Å². The van der Waals surface area contributed by atoms with E-state index in [2.05, 4.69) is 21.2 Å². The van der Waals surface area contributed by atoms with Crippen LogP contribution in [0, 0.1) is 0 Å². The molecule has 0 spiro atoms. The predicted octanol–water partition coefficient (Wildman–Crippen LogP) is 3.54. The quantitative estimate of drug-likeness (QED) is 0.868. The van der Waals surface area contributed by atoms with Crippen molar-refractivity contribution in [2.24, 2.45) is 0 Å². The van der Waals surface area contributed by atoms with E-state index in [9.17, 15) is 9.59 Å². The highest BCUT2D eigenvalue weighted by Gasteiger charge is 2.17. The molecule has 1 rings (SSSR count). The fraction of sp³-hybridized carbons (Fsp3) is 0.385. The van der Waals surface area contributed by atoms with Crippen molar-refractivity contribution in [2.45, 2.75) is 32.8 Å². The van der Waals surface area contributed by atoms with Crippen molar-refractivity contribution in [3.63, 3.8) is 0 Å². The van der Waals surface area contributed by atoms with Crippen LogP contribution in [0.5, 0.6) is 0 Å². The highest BCUT2D eigenvalue weighted by molar-refractivity contribution is 9.10. The molecule has 1 aromatic carbocycles. The SMILES string of the molecule is CC(C)(C)OC(=O)Nc1cc(CC=O)ccc1Br. The molecule has 0 radical (unpaired) electrons. The van der Waals surface area contributed by atoms with E-state index < -0.39 is 11.7 Å². The summed E-state index contributed by atoms with van der Waals surface area (Å²) >= 11 is 3.33. The molecule has 0 unspecified atom stereocenters.